The lowest BCUT2D eigenvalue weighted by Crippen LogP contribution is -2.40. The molecule has 0 aliphatic carbocycles. The second-order valence-corrected chi connectivity index (χ2v) is 4.38. The molecule has 1 aliphatic rings. The van der Waals surface area contributed by atoms with Gasteiger partial charge in [-0.25, -0.2) is 4.98 Å². The van der Waals surface area contributed by atoms with Crippen LogP contribution in [0.15, 0.2) is 0 Å². The van der Waals surface area contributed by atoms with Crippen LogP contribution < -0.4 is 5.32 Å². The SMILES string of the molecule is CCN1CCCC1CNC(=O)c1n[nH]c(C)n1. The van der Waals surface area contributed by atoms with Crippen molar-refractivity contribution in [1.82, 2.24) is 25.4 Å². The molecule has 0 saturated carbocycles. The van der Waals surface area contributed by atoms with Crippen molar-refractivity contribution in [2.24, 2.45) is 0 Å². The second kappa shape index (κ2) is 5.27. The highest BCUT2D eigenvalue weighted by atomic mass is 16.2. The molecule has 2 heterocycles. The molecule has 0 aromatic carbocycles. The number of hydrogen-bond donors (Lipinski definition) is 2. The van der Waals surface area contributed by atoms with Gasteiger partial charge in [0.1, 0.15) is 5.82 Å². The average molecular weight is 237 g/mol. The van der Waals surface area contributed by atoms with Gasteiger partial charge >= 0.3 is 0 Å². The maximum atomic E-state index is 11.7. The normalized spacial score (nSPS) is 20.7. The van der Waals surface area contributed by atoms with E-state index in [-0.39, 0.29) is 11.7 Å². The first-order valence-corrected chi connectivity index (χ1v) is 6.12. The summed E-state index contributed by atoms with van der Waals surface area (Å²) in [5.74, 6) is 0.687. The second-order valence-electron chi connectivity index (χ2n) is 4.38. The summed E-state index contributed by atoms with van der Waals surface area (Å²) in [6.45, 7) is 6.79. The summed E-state index contributed by atoms with van der Waals surface area (Å²) in [6, 6.07) is 0.462. The third-order valence-electron chi connectivity index (χ3n) is 3.20. The fraction of sp³-hybridized carbons (Fsp3) is 0.727. The van der Waals surface area contributed by atoms with Gasteiger partial charge in [-0.3, -0.25) is 14.8 Å². The van der Waals surface area contributed by atoms with E-state index >= 15 is 0 Å². The lowest BCUT2D eigenvalue weighted by molar-refractivity contribution is 0.0931. The number of H-pyrrole nitrogens is 1. The Morgan fingerprint density at radius 1 is 1.65 bits per heavy atom. The Morgan fingerprint density at radius 3 is 3.12 bits per heavy atom. The summed E-state index contributed by atoms with van der Waals surface area (Å²) < 4.78 is 0. The molecule has 1 unspecified atom stereocenters. The van der Waals surface area contributed by atoms with Crippen LogP contribution in [-0.2, 0) is 0 Å². The maximum absolute atomic E-state index is 11.7. The summed E-state index contributed by atoms with van der Waals surface area (Å²) in [4.78, 5) is 18.1. The van der Waals surface area contributed by atoms with Crippen molar-refractivity contribution in [1.29, 1.82) is 0 Å². The summed E-state index contributed by atoms with van der Waals surface area (Å²) in [7, 11) is 0. The number of nitrogens with one attached hydrogen (secondary N) is 2. The minimum atomic E-state index is -0.197. The summed E-state index contributed by atoms with van der Waals surface area (Å²) in [5, 5.41) is 9.40. The molecule has 17 heavy (non-hydrogen) atoms. The van der Waals surface area contributed by atoms with Crippen molar-refractivity contribution < 1.29 is 4.79 Å². The van der Waals surface area contributed by atoms with Gasteiger partial charge in [-0.05, 0) is 32.9 Å². The minimum absolute atomic E-state index is 0.197. The van der Waals surface area contributed by atoms with E-state index in [4.69, 9.17) is 0 Å². The highest BCUT2D eigenvalue weighted by Crippen LogP contribution is 2.15. The third-order valence-corrected chi connectivity index (χ3v) is 3.20. The van der Waals surface area contributed by atoms with Crippen molar-refractivity contribution in [3.63, 3.8) is 0 Å². The van der Waals surface area contributed by atoms with Crippen molar-refractivity contribution in [3.05, 3.63) is 11.6 Å². The number of rotatable bonds is 4. The van der Waals surface area contributed by atoms with E-state index in [0.29, 0.717) is 18.4 Å². The maximum Gasteiger partial charge on any atom is 0.291 e. The standard InChI is InChI=1S/C11H19N5O/c1-3-16-6-4-5-9(16)7-12-11(17)10-13-8(2)14-15-10/h9H,3-7H2,1-2H3,(H,12,17)(H,13,14,15). The fourth-order valence-corrected chi connectivity index (χ4v) is 2.28. The van der Waals surface area contributed by atoms with E-state index in [0.717, 1.165) is 19.5 Å². The zero-order valence-electron chi connectivity index (χ0n) is 10.4. The van der Waals surface area contributed by atoms with E-state index in [1.165, 1.54) is 6.42 Å². The fourth-order valence-electron chi connectivity index (χ4n) is 2.28. The van der Waals surface area contributed by atoms with Crippen molar-refractivity contribution in [2.75, 3.05) is 19.6 Å². The number of aromatic nitrogens is 3. The van der Waals surface area contributed by atoms with Crippen LogP contribution in [0.1, 0.15) is 36.2 Å². The molecule has 2 N–H and O–H groups in total. The molecule has 0 radical (unpaired) electrons. The number of hydrogen-bond acceptors (Lipinski definition) is 4. The lowest BCUT2D eigenvalue weighted by atomic mass is 10.2. The quantitative estimate of drug-likeness (QED) is 0.791. The van der Waals surface area contributed by atoms with Crippen LogP contribution in [0.3, 0.4) is 0 Å². The van der Waals surface area contributed by atoms with Crippen LogP contribution in [0.5, 0.6) is 0 Å². The molecule has 2 rings (SSSR count). The molecule has 6 heteroatoms. The zero-order chi connectivity index (χ0) is 12.3. The molecule has 6 nitrogen and oxygen atoms in total. The van der Waals surface area contributed by atoms with E-state index in [2.05, 4.69) is 32.3 Å². The number of likely N-dealkylation sites (N-methyl/N-ethyl adjacent to an activating group) is 1. The van der Waals surface area contributed by atoms with E-state index in [1.54, 1.807) is 6.92 Å². The monoisotopic (exact) mass is 237 g/mol. The molecule has 94 valence electrons. The van der Waals surface area contributed by atoms with Gasteiger partial charge < -0.3 is 5.32 Å². The number of carbonyl (C=O) groups excluding carboxylic acids is 1. The number of likely N-dealkylation sites (tertiary alicyclic amines) is 1. The lowest BCUT2D eigenvalue weighted by Gasteiger charge is -2.22. The van der Waals surface area contributed by atoms with Gasteiger partial charge in [0.05, 0.1) is 0 Å². The van der Waals surface area contributed by atoms with Crippen LogP contribution in [0.4, 0.5) is 0 Å². The predicted octanol–water partition coefficient (Wildman–Crippen LogP) is 0.327. The highest BCUT2D eigenvalue weighted by Gasteiger charge is 2.23. The van der Waals surface area contributed by atoms with Crippen LogP contribution >= 0.6 is 0 Å². The Balaban J connectivity index is 1.84. The molecule has 1 saturated heterocycles. The Labute approximate surface area is 101 Å². The molecule has 1 aromatic rings. The average Bonchev–Trinajstić information content (AvgIpc) is 2.94. The zero-order valence-corrected chi connectivity index (χ0v) is 10.4. The molecule has 0 bridgehead atoms. The molecule has 1 aromatic heterocycles. The minimum Gasteiger partial charge on any atom is -0.348 e. The number of amides is 1. The van der Waals surface area contributed by atoms with E-state index in [9.17, 15) is 4.79 Å². The largest absolute Gasteiger partial charge is 0.348 e. The molecular weight excluding hydrogens is 218 g/mol. The summed E-state index contributed by atoms with van der Waals surface area (Å²) in [6.07, 6.45) is 2.37. The van der Waals surface area contributed by atoms with Gasteiger partial charge in [0, 0.05) is 12.6 Å². The van der Waals surface area contributed by atoms with Crippen LogP contribution in [0.2, 0.25) is 0 Å². The van der Waals surface area contributed by atoms with E-state index in [1.807, 2.05) is 0 Å². The first kappa shape index (κ1) is 12.0. The number of carbonyl (C=O) groups is 1. The van der Waals surface area contributed by atoms with Gasteiger partial charge in [0.25, 0.3) is 5.91 Å². The molecule has 0 spiro atoms. The first-order chi connectivity index (χ1) is 8.20. The topological polar surface area (TPSA) is 73.9 Å². The van der Waals surface area contributed by atoms with Gasteiger partial charge in [0.2, 0.25) is 5.82 Å². The summed E-state index contributed by atoms with van der Waals surface area (Å²) >= 11 is 0. The molecule has 1 amide bonds. The van der Waals surface area contributed by atoms with E-state index < -0.39 is 0 Å². The van der Waals surface area contributed by atoms with Crippen molar-refractivity contribution in [3.8, 4) is 0 Å². The first-order valence-electron chi connectivity index (χ1n) is 6.12. The van der Waals surface area contributed by atoms with Crippen molar-refractivity contribution in [2.45, 2.75) is 32.7 Å². The molecular formula is C11H19N5O. The predicted molar refractivity (Wildman–Crippen MR) is 63.7 cm³/mol. The molecule has 1 atom stereocenters. The number of nitrogens with zero attached hydrogens (tertiary/aromatic N) is 3. The summed E-state index contributed by atoms with van der Waals surface area (Å²) in [5.41, 5.74) is 0. The number of aromatic amines is 1. The smallest absolute Gasteiger partial charge is 0.291 e. The Hall–Kier alpha value is -1.43. The van der Waals surface area contributed by atoms with Gasteiger partial charge in [-0.2, -0.15) is 0 Å². The van der Waals surface area contributed by atoms with Gasteiger partial charge in [-0.1, -0.05) is 6.92 Å². The van der Waals surface area contributed by atoms with Gasteiger partial charge in [-0.15, -0.1) is 5.10 Å². The van der Waals surface area contributed by atoms with Crippen LogP contribution in [0.25, 0.3) is 0 Å². The Kier molecular flexibility index (Phi) is 3.73. The third kappa shape index (κ3) is 2.82. The van der Waals surface area contributed by atoms with Crippen molar-refractivity contribution >= 4 is 5.91 Å². The highest BCUT2D eigenvalue weighted by molar-refractivity contribution is 5.90. The molecule has 1 fully saturated rings. The Morgan fingerprint density at radius 2 is 2.47 bits per heavy atom. The molecule has 1 aliphatic heterocycles. The Bertz CT molecular complexity index is 389. The van der Waals surface area contributed by atoms with Crippen LogP contribution in [0, 0.1) is 6.92 Å². The van der Waals surface area contributed by atoms with Gasteiger partial charge in [0.15, 0.2) is 0 Å². The van der Waals surface area contributed by atoms with Crippen LogP contribution in [-0.4, -0.2) is 51.7 Å². The number of aryl methyl sites for hydroxylation is 1.